The molecule has 1 aliphatic rings. The second-order valence-corrected chi connectivity index (χ2v) is 10.6. The Labute approximate surface area is 225 Å². The maximum atomic E-state index is 14.0. The van der Waals surface area contributed by atoms with Gasteiger partial charge >= 0.3 is 0 Å². The first-order valence-corrected chi connectivity index (χ1v) is 13.0. The van der Waals surface area contributed by atoms with Gasteiger partial charge in [-0.05, 0) is 55.8 Å². The summed E-state index contributed by atoms with van der Waals surface area (Å²) >= 11 is 7.59. The van der Waals surface area contributed by atoms with E-state index in [4.69, 9.17) is 20.8 Å². The van der Waals surface area contributed by atoms with Crippen LogP contribution in [0.15, 0.2) is 75.9 Å². The Morgan fingerprint density at radius 1 is 1.08 bits per heavy atom. The number of carbonyl (C=O) groups excluding carboxylic acids is 1. The molecule has 0 spiro atoms. The Balaban J connectivity index is 1.44. The van der Waals surface area contributed by atoms with E-state index in [1.807, 2.05) is 32.0 Å². The first-order chi connectivity index (χ1) is 18.3. The quantitative estimate of drug-likeness (QED) is 0.237. The number of nitrogens with zero attached hydrogens (tertiary/aromatic N) is 2. The average molecular weight is 547 g/mol. The van der Waals surface area contributed by atoms with Crippen LogP contribution in [-0.2, 0) is 6.61 Å². The molecule has 1 amide bonds. The summed E-state index contributed by atoms with van der Waals surface area (Å²) in [7, 11) is 0. The molecule has 9 heteroatoms. The fourth-order valence-electron chi connectivity index (χ4n) is 4.54. The predicted octanol–water partition coefficient (Wildman–Crippen LogP) is 6.99. The molecule has 6 nitrogen and oxygen atoms in total. The summed E-state index contributed by atoms with van der Waals surface area (Å²) in [6.07, 6.45) is 0. The third-order valence-corrected chi connectivity index (χ3v) is 8.04. The van der Waals surface area contributed by atoms with Gasteiger partial charge in [0.15, 0.2) is 10.6 Å². The molecule has 2 aromatic heterocycles. The molecule has 3 heterocycles. The van der Waals surface area contributed by atoms with E-state index in [-0.39, 0.29) is 28.9 Å². The van der Waals surface area contributed by atoms with E-state index in [0.29, 0.717) is 21.5 Å². The van der Waals surface area contributed by atoms with Crippen LogP contribution in [0.4, 0.5) is 9.52 Å². The zero-order chi connectivity index (χ0) is 26.6. The van der Waals surface area contributed by atoms with E-state index < -0.39 is 23.2 Å². The highest BCUT2D eigenvalue weighted by Gasteiger charge is 2.45. The van der Waals surface area contributed by atoms with Crippen molar-refractivity contribution in [2.24, 2.45) is 0 Å². The molecule has 190 valence electrons. The normalized spacial score (nSPS) is 14.8. The van der Waals surface area contributed by atoms with Crippen molar-refractivity contribution < 1.29 is 18.3 Å². The molecule has 0 N–H and O–H groups in total. The molecule has 6 rings (SSSR count). The van der Waals surface area contributed by atoms with Crippen LogP contribution in [0.1, 0.15) is 43.9 Å². The predicted molar refractivity (Wildman–Crippen MR) is 145 cm³/mol. The lowest BCUT2D eigenvalue weighted by Gasteiger charge is -2.22. The number of thiazole rings is 1. The molecule has 0 bridgehead atoms. The Hall–Kier alpha value is -4.01. The zero-order valence-corrected chi connectivity index (χ0v) is 21.9. The van der Waals surface area contributed by atoms with E-state index in [1.165, 1.54) is 28.4 Å². The van der Waals surface area contributed by atoms with E-state index in [0.717, 1.165) is 22.2 Å². The van der Waals surface area contributed by atoms with Gasteiger partial charge in [0.2, 0.25) is 5.76 Å². The topological polar surface area (TPSA) is 72.6 Å². The van der Waals surface area contributed by atoms with Crippen LogP contribution in [0, 0.1) is 19.7 Å². The first-order valence-electron chi connectivity index (χ1n) is 11.8. The summed E-state index contributed by atoms with van der Waals surface area (Å²) in [5.74, 6) is -0.503. The second-order valence-electron chi connectivity index (χ2n) is 8.98. The maximum absolute atomic E-state index is 14.0. The number of hydrogen-bond acceptors (Lipinski definition) is 6. The van der Waals surface area contributed by atoms with Crippen molar-refractivity contribution >= 4 is 44.9 Å². The van der Waals surface area contributed by atoms with Crippen molar-refractivity contribution in [3.8, 4) is 5.75 Å². The molecule has 0 radical (unpaired) electrons. The third kappa shape index (κ3) is 4.06. The van der Waals surface area contributed by atoms with Crippen molar-refractivity contribution in [2.45, 2.75) is 26.5 Å². The van der Waals surface area contributed by atoms with E-state index in [1.54, 1.807) is 30.3 Å². The number of anilines is 1. The third-order valence-electron chi connectivity index (χ3n) is 6.60. The Kier molecular flexibility index (Phi) is 6.01. The monoisotopic (exact) mass is 546 g/mol. The summed E-state index contributed by atoms with van der Waals surface area (Å²) in [6, 6.07) is 17.5. The van der Waals surface area contributed by atoms with E-state index in [2.05, 4.69) is 4.98 Å². The number of ether oxygens (including phenoxy) is 1. The molecule has 0 fully saturated rings. The summed E-state index contributed by atoms with van der Waals surface area (Å²) in [5.41, 5.74) is 2.16. The van der Waals surface area contributed by atoms with E-state index >= 15 is 0 Å². The Morgan fingerprint density at radius 3 is 2.55 bits per heavy atom. The molecule has 1 atom stereocenters. The van der Waals surface area contributed by atoms with Crippen LogP contribution < -0.4 is 15.1 Å². The van der Waals surface area contributed by atoms with Crippen LogP contribution in [0.25, 0.3) is 11.0 Å². The lowest BCUT2D eigenvalue weighted by molar-refractivity contribution is 0.0971. The van der Waals surface area contributed by atoms with Crippen LogP contribution >= 0.6 is 22.9 Å². The number of rotatable bonds is 5. The van der Waals surface area contributed by atoms with Crippen LogP contribution in [0.5, 0.6) is 5.75 Å². The van der Waals surface area contributed by atoms with Crippen molar-refractivity contribution in [1.82, 2.24) is 4.98 Å². The van der Waals surface area contributed by atoms with Gasteiger partial charge in [-0.2, -0.15) is 0 Å². The fraction of sp³-hybridized carbons (Fsp3) is 0.138. The van der Waals surface area contributed by atoms with Crippen LogP contribution in [0.3, 0.4) is 0 Å². The lowest BCUT2D eigenvalue weighted by Crippen LogP contribution is -2.29. The molecule has 0 saturated carbocycles. The van der Waals surface area contributed by atoms with Gasteiger partial charge in [0, 0.05) is 15.5 Å². The highest BCUT2D eigenvalue weighted by molar-refractivity contribution is 7.15. The van der Waals surface area contributed by atoms with Gasteiger partial charge in [0.1, 0.15) is 23.8 Å². The highest BCUT2D eigenvalue weighted by Crippen LogP contribution is 2.43. The number of benzene rings is 3. The number of halogens is 2. The second kappa shape index (κ2) is 9.38. The zero-order valence-electron chi connectivity index (χ0n) is 20.3. The number of amides is 1. The smallest absolute Gasteiger partial charge is 0.297 e. The summed E-state index contributed by atoms with van der Waals surface area (Å²) < 4.78 is 25.8. The van der Waals surface area contributed by atoms with Gasteiger partial charge in [-0.15, -0.1) is 11.3 Å². The minimum absolute atomic E-state index is 0.0661. The van der Waals surface area contributed by atoms with Crippen molar-refractivity contribution in [2.75, 3.05) is 4.90 Å². The fourth-order valence-corrected chi connectivity index (χ4v) is 5.67. The summed E-state index contributed by atoms with van der Waals surface area (Å²) in [6.45, 7) is 4.07. The molecular formula is C29H20ClFN2O4S. The van der Waals surface area contributed by atoms with Gasteiger partial charge in [-0.3, -0.25) is 14.5 Å². The Morgan fingerprint density at radius 2 is 1.84 bits per heavy atom. The largest absolute Gasteiger partial charge is 0.489 e. The molecule has 1 unspecified atom stereocenters. The maximum Gasteiger partial charge on any atom is 0.297 e. The minimum atomic E-state index is -0.802. The van der Waals surface area contributed by atoms with E-state index in [9.17, 15) is 14.0 Å². The number of carbonyl (C=O) groups is 1. The van der Waals surface area contributed by atoms with Gasteiger partial charge in [-0.25, -0.2) is 9.37 Å². The number of aromatic nitrogens is 1. The molecule has 38 heavy (non-hydrogen) atoms. The molecule has 3 aromatic carbocycles. The average Bonchev–Trinajstić information content (AvgIpc) is 3.39. The van der Waals surface area contributed by atoms with Crippen LogP contribution in [0.2, 0.25) is 5.02 Å². The highest BCUT2D eigenvalue weighted by atomic mass is 35.5. The van der Waals surface area contributed by atoms with Crippen molar-refractivity contribution in [3.05, 3.63) is 121 Å². The lowest BCUT2D eigenvalue weighted by atomic mass is 9.98. The van der Waals surface area contributed by atoms with Gasteiger partial charge < -0.3 is 9.15 Å². The van der Waals surface area contributed by atoms with Crippen molar-refractivity contribution in [1.29, 1.82) is 0 Å². The minimum Gasteiger partial charge on any atom is -0.489 e. The summed E-state index contributed by atoms with van der Waals surface area (Å²) in [4.78, 5) is 34.3. The first kappa shape index (κ1) is 24.3. The molecular weight excluding hydrogens is 527 g/mol. The number of hydrogen-bond donors (Lipinski definition) is 0. The van der Waals surface area contributed by atoms with Gasteiger partial charge in [0.05, 0.1) is 22.7 Å². The van der Waals surface area contributed by atoms with Gasteiger partial charge in [0.25, 0.3) is 5.91 Å². The number of fused-ring (bicyclic) bond motifs is 2. The summed E-state index contributed by atoms with van der Waals surface area (Å²) in [5, 5.41) is 1.15. The molecule has 5 aromatic rings. The SMILES string of the molecule is Cc1nc(N2C(=O)c3oc4ccc(F)cc4c(=O)c3C2c2ccc(OCc3ccccc3Cl)cc2)sc1C. The number of aryl methyl sites for hydroxylation is 2. The molecule has 1 aliphatic heterocycles. The molecule has 0 saturated heterocycles. The standard InChI is InChI=1S/C29H20ClFN2O4S/c1-15-16(2)38-29(32-15)33-25(17-7-10-20(11-8-17)36-14-18-5-3-4-6-22(18)30)24-26(34)21-13-19(31)9-12-23(21)37-27(24)28(33)35/h3-13,25H,14H2,1-2H3. The van der Waals surface area contributed by atoms with Gasteiger partial charge in [-0.1, -0.05) is 41.9 Å². The van der Waals surface area contributed by atoms with Crippen LogP contribution in [-0.4, -0.2) is 10.9 Å². The molecule has 0 aliphatic carbocycles. The van der Waals surface area contributed by atoms with Crippen molar-refractivity contribution in [3.63, 3.8) is 0 Å². The Bertz CT molecular complexity index is 1760.